The summed E-state index contributed by atoms with van der Waals surface area (Å²) in [5, 5.41) is 14.1. The first-order valence-electron chi connectivity index (χ1n) is 10.8. The van der Waals surface area contributed by atoms with Gasteiger partial charge in [-0.2, -0.15) is 0 Å². The van der Waals surface area contributed by atoms with Crippen LogP contribution in [0.4, 0.5) is 5.69 Å². The summed E-state index contributed by atoms with van der Waals surface area (Å²) >= 11 is 6.40. The minimum absolute atomic E-state index is 0.133. The lowest BCUT2D eigenvalue weighted by Crippen LogP contribution is -2.58. The molecule has 1 amide bonds. The number of hydrogen-bond donors (Lipinski definition) is 2. The number of rotatable bonds is 7. The highest BCUT2D eigenvalue weighted by molar-refractivity contribution is 6.30. The molecule has 0 saturated carbocycles. The summed E-state index contributed by atoms with van der Waals surface area (Å²) in [6.45, 7) is -0.133. The number of carbonyl (C=O) groups is 2. The number of aliphatic carboxylic acids is 1. The van der Waals surface area contributed by atoms with Gasteiger partial charge in [0.1, 0.15) is 22.8 Å². The predicted molar refractivity (Wildman–Crippen MR) is 132 cm³/mol. The summed E-state index contributed by atoms with van der Waals surface area (Å²) in [6, 6.07) is 18.8. The van der Waals surface area contributed by atoms with Crippen molar-refractivity contribution >= 4 is 29.2 Å². The van der Waals surface area contributed by atoms with E-state index in [1.165, 1.54) is 19.1 Å². The predicted octanol–water partition coefficient (Wildman–Crippen LogP) is 3.70. The van der Waals surface area contributed by atoms with Gasteiger partial charge in [0.05, 0.1) is 20.8 Å². The van der Waals surface area contributed by atoms with Crippen molar-refractivity contribution in [2.24, 2.45) is 0 Å². The number of amides is 1. The van der Waals surface area contributed by atoms with Crippen LogP contribution in [0.3, 0.4) is 0 Å². The molecular weight excluding hydrogens is 472 g/mol. The molecule has 2 N–H and O–H groups in total. The van der Waals surface area contributed by atoms with Crippen molar-refractivity contribution in [3.63, 3.8) is 0 Å². The molecule has 2 atom stereocenters. The molecule has 0 spiro atoms. The number of halogens is 1. The molecule has 4 rings (SSSR count). The number of ether oxygens (including phenoxy) is 3. The van der Waals surface area contributed by atoms with Crippen molar-refractivity contribution in [3.05, 3.63) is 82.9 Å². The lowest BCUT2D eigenvalue weighted by molar-refractivity contribution is -0.149. The average molecular weight is 497 g/mol. The lowest BCUT2D eigenvalue weighted by atomic mass is 9.77. The third kappa shape index (κ3) is 4.50. The number of carboxylic acids is 1. The van der Waals surface area contributed by atoms with Crippen LogP contribution in [0.2, 0.25) is 5.02 Å². The summed E-state index contributed by atoms with van der Waals surface area (Å²) in [5.74, 6) is -0.392. The van der Waals surface area contributed by atoms with Crippen molar-refractivity contribution in [2.45, 2.75) is 11.6 Å². The van der Waals surface area contributed by atoms with Gasteiger partial charge in [-0.05, 0) is 23.8 Å². The van der Waals surface area contributed by atoms with Crippen LogP contribution < -0.4 is 24.4 Å². The highest BCUT2D eigenvalue weighted by Crippen LogP contribution is 2.43. The zero-order valence-electron chi connectivity index (χ0n) is 19.4. The molecule has 35 heavy (non-hydrogen) atoms. The second-order valence-corrected chi connectivity index (χ2v) is 8.46. The van der Waals surface area contributed by atoms with Gasteiger partial charge < -0.3 is 24.2 Å². The van der Waals surface area contributed by atoms with E-state index >= 15 is 0 Å². The fraction of sp³-hybridized carbons (Fsp3) is 0.231. The van der Waals surface area contributed by atoms with Crippen LogP contribution in [0, 0.1) is 0 Å². The van der Waals surface area contributed by atoms with E-state index in [0.717, 1.165) is 0 Å². The largest absolute Gasteiger partial charge is 0.496 e. The molecule has 0 saturated heterocycles. The molecule has 2 unspecified atom stereocenters. The van der Waals surface area contributed by atoms with Crippen LogP contribution in [-0.4, -0.2) is 50.9 Å². The number of anilines is 1. The molecule has 0 bridgehead atoms. The van der Waals surface area contributed by atoms with Gasteiger partial charge in [-0.15, -0.1) is 0 Å². The molecule has 0 radical (unpaired) electrons. The van der Waals surface area contributed by atoms with Crippen LogP contribution in [0.25, 0.3) is 0 Å². The van der Waals surface area contributed by atoms with Crippen LogP contribution in [0.1, 0.15) is 11.1 Å². The van der Waals surface area contributed by atoms with Crippen LogP contribution in [0.5, 0.6) is 17.2 Å². The quantitative estimate of drug-likeness (QED) is 0.514. The fourth-order valence-electron chi connectivity index (χ4n) is 4.33. The summed E-state index contributed by atoms with van der Waals surface area (Å²) in [4.78, 5) is 27.3. The fourth-order valence-corrected chi connectivity index (χ4v) is 4.51. The van der Waals surface area contributed by atoms with Crippen molar-refractivity contribution in [1.82, 2.24) is 5.32 Å². The summed E-state index contributed by atoms with van der Waals surface area (Å²) in [5.41, 5.74) is 0.122. The van der Waals surface area contributed by atoms with Gasteiger partial charge in [-0.3, -0.25) is 10.1 Å². The summed E-state index contributed by atoms with van der Waals surface area (Å²) in [7, 11) is 4.62. The second kappa shape index (κ2) is 9.85. The van der Waals surface area contributed by atoms with E-state index in [0.29, 0.717) is 33.3 Å². The SMILES string of the molecule is COc1cc(OC)cc(OC(C(=O)O)C2(c3ccccc3)NCC(=O)N(C)c3ccc(Cl)cc32)c1. The number of nitrogens with zero attached hydrogens (tertiary/aromatic N) is 1. The smallest absolute Gasteiger partial charge is 0.347 e. The number of methoxy groups -OCH3 is 2. The van der Waals surface area contributed by atoms with Crippen LogP contribution >= 0.6 is 11.6 Å². The van der Waals surface area contributed by atoms with Gasteiger partial charge in [0.15, 0.2) is 0 Å². The molecule has 1 aliphatic heterocycles. The van der Waals surface area contributed by atoms with Crippen LogP contribution in [0.15, 0.2) is 66.7 Å². The standard InChI is InChI=1S/C26H25ClN2O6/c1-29-22-10-9-17(27)11-21(22)26(28-15-23(29)30,16-7-5-4-6-8-16)24(25(31)32)35-20-13-18(33-2)12-19(14-20)34-3/h4-14,24,28H,15H2,1-3H3,(H,31,32). The summed E-state index contributed by atoms with van der Waals surface area (Å²) < 4.78 is 16.8. The van der Waals surface area contributed by atoms with E-state index in [1.54, 1.807) is 67.7 Å². The Morgan fingerprint density at radius 3 is 2.26 bits per heavy atom. The van der Waals surface area contributed by atoms with E-state index in [-0.39, 0.29) is 18.2 Å². The highest BCUT2D eigenvalue weighted by atomic mass is 35.5. The molecular formula is C26H25ClN2O6. The molecule has 1 heterocycles. The lowest BCUT2D eigenvalue weighted by Gasteiger charge is -2.40. The Morgan fingerprint density at radius 2 is 1.66 bits per heavy atom. The topological polar surface area (TPSA) is 97.3 Å². The number of carboxylic acid groups (broad SMARTS) is 1. The Kier molecular flexibility index (Phi) is 6.86. The van der Waals surface area contributed by atoms with Gasteiger partial charge in [-0.1, -0.05) is 41.9 Å². The molecule has 9 heteroatoms. The maximum Gasteiger partial charge on any atom is 0.347 e. The maximum atomic E-state index is 12.9. The Hall–Kier alpha value is -3.75. The van der Waals surface area contributed by atoms with E-state index in [9.17, 15) is 14.7 Å². The normalized spacial score (nSPS) is 18.3. The maximum absolute atomic E-state index is 12.9. The molecule has 0 aliphatic carbocycles. The van der Waals surface area contributed by atoms with Crippen molar-refractivity contribution in [2.75, 3.05) is 32.7 Å². The molecule has 3 aromatic carbocycles. The Balaban J connectivity index is 1.99. The monoisotopic (exact) mass is 496 g/mol. The zero-order chi connectivity index (χ0) is 25.2. The molecule has 1 aliphatic rings. The Labute approximate surface area is 208 Å². The number of benzene rings is 3. The minimum Gasteiger partial charge on any atom is -0.496 e. The van der Waals surface area contributed by atoms with Gasteiger partial charge in [0.2, 0.25) is 12.0 Å². The third-order valence-electron chi connectivity index (χ3n) is 6.06. The first-order chi connectivity index (χ1) is 16.8. The third-order valence-corrected chi connectivity index (χ3v) is 6.30. The number of likely N-dealkylation sites (N-methyl/N-ethyl adjacent to an activating group) is 1. The summed E-state index contributed by atoms with van der Waals surface area (Å²) in [6.07, 6.45) is -1.52. The number of carbonyl (C=O) groups excluding carboxylic acids is 1. The Bertz CT molecular complexity index is 1230. The molecule has 182 valence electrons. The Morgan fingerprint density at radius 1 is 1.03 bits per heavy atom. The van der Waals surface area contributed by atoms with E-state index in [4.69, 9.17) is 25.8 Å². The van der Waals surface area contributed by atoms with E-state index < -0.39 is 17.6 Å². The van der Waals surface area contributed by atoms with Crippen molar-refractivity contribution in [1.29, 1.82) is 0 Å². The number of hydrogen-bond acceptors (Lipinski definition) is 6. The van der Waals surface area contributed by atoms with Crippen LogP contribution in [-0.2, 0) is 15.1 Å². The highest BCUT2D eigenvalue weighted by Gasteiger charge is 2.51. The molecule has 3 aromatic rings. The second-order valence-electron chi connectivity index (χ2n) is 8.03. The average Bonchev–Trinajstić information content (AvgIpc) is 2.97. The first-order valence-corrected chi connectivity index (χ1v) is 11.2. The molecule has 0 aromatic heterocycles. The van der Waals surface area contributed by atoms with Crippen molar-refractivity contribution < 1.29 is 28.9 Å². The number of nitrogens with one attached hydrogen (secondary N) is 1. The first kappa shape index (κ1) is 24.4. The molecule has 8 nitrogen and oxygen atoms in total. The van der Waals surface area contributed by atoms with E-state index in [2.05, 4.69) is 5.32 Å². The zero-order valence-corrected chi connectivity index (χ0v) is 20.2. The number of fused-ring (bicyclic) bond motifs is 1. The van der Waals surface area contributed by atoms with Gasteiger partial charge in [-0.25, -0.2) is 4.79 Å². The van der Waals surface area contributed by atoms with Crippen molar-refractivity contribution in [3.8, 4) is 17.2 Å². The van der Waals surface area contributed by atoms with Gasteiger partial charge >= 0.3 is 5.97 Å². The van der Waals surface area contributed by atoms with Gasteiger partial charge in [0, 0.05) is 41.5 Å². The molecule has 0 fully saturated rings. The van der Waals surface area contributed by atoms with Gasteiger partial charge in [0.25, 0.3) is 0 Å². The minimum atomic E-state index is -1.52. The van der Waals surface area contributed by atoms with E-state index in [1.807, 2.05) is 6.07 Å².